The van der Waals surface area contributed by atoms with Gasteiger partial charge < -0.3 is 0 Å². The van der Waals surface area contributed by atoms with Gasteiger partial charge in [0.1, 0.15) is 5.52 Å². The van der Waals surface area contributed by atoms with Crippen molar-refractivity contribution in [2.45, 2.75) is 24.7 Å². The van der Waals surface area contributed by atoms with E-state index in [9.17, 15) is 13.2 Å². The lowest BCUT2D eigenvalue weighted by Crippen LogP contribution is -2.28. The van der Waals surface area contributed by atoms with Crippen LogP contribution in [0.5, 0.6) is 0 Å². The van der Waals surface area contributed by atoms with Crippen molar-refractivity contribution in [1.82, 2.24) is 9.29 Å². The number of amides is 1. The van der Waals surface area contributed by atoms with Gasteiger partial charge in [0.15, 0.2) is 5.13 Å². The van der Waals surface area contributed by atoms with Crippen LogP contribution in [0.3, 0.4) is 0 Å². The summed E-state index contributed by atoms with van der Waals surface area (Å²) < 4.78 is 27.3. The third kappa shape index (κ3) is 4.35. The number of aromatic nitrogens is 1. The molecule has 148 valence electrons. The first-order valence-electron chi connectivity index (χ1n) is 8.75. The minimum Gasteiger partial charge on any atom is -0.298 e. The molecule has 1 heterocycles. The van der Waals surface area contributed by atoms with Gasteiger partial charge in [-0.1, -0.05) is 42.3 Å². The van der Waals surface area contributed by atoms with Crippen LogP contribution in [0, 0.1) is 0 Å². The van der Waals surface area contributed by atoms with Gasteiger partial charge >= 0.3 is 0 Å². The fourth-order valence-electron chi connectivity index (χ4n) is 2.60. The number of hydrogen-bond donors (Lipinski definition) is 1. The van der Waals surface area contributed by atoms with Gasteiger partial charge in [0.05, 0.1) is 14.6 Å². The summed E-state index contributed by atoms with van der Waals surface area (Å²) in [6.07, 6.45) is 1.71. The van der Waals surface area contributed by atoms with Crippen LogP contribution >= 0.6 is 22.9 Å². The summed E-state index contributed by atoms with van der Waals surface area (Å²) >= 11 is 7.44. The molecule has 28 heavy (non-hydrogen) atoms. The monoisotopic (exact) mass is 437 g/mol. The van der Waals surface area contributed by atoms with Crippen molar-refractivity contribution in [2.24, 2.45) is 0 Å². The third-order valence-corrected chi connectivity index (χ3v) is 7.35. The van der Waals surface area contributed by atoms with Crippen molar-refractivity contribution in [3.05, 3.63) is 53.1 Å². The molecule has 9 heteroatoms. The van der Waals surface area contributed by atoms with E-state index in [0.29, 0.717) is 27.8 Å². The molecule has 6 nitrogen and oxygen atoms in total. The van der Waals surface area contributed by atoms with E-state index in [1.807, 2.05) is 19.1 Å². The Morgan fingerprint density at radius 2 is 1.93 bits per heavy atom. The summed E-state index contributed by atoms with van der Waals surface area (Å²) in [5.74, 6) is -0.363. The zero-order chi connectivity index (χ0) is 20.3. The van der Waals surface area contributed by atoms with E-state index >= 15 is 0 Å². The van der Waals surface area contributed by atoms with Gasteiger partial charge in [-0.3, -0.25) is 10.1 Å². The normalized spacial score (nSPS) is 11.9. The van der Waals surface area contributed by atoms with Crippen LogP contribution in [0.25, 0.3) is 10.2 Å². The molecule has 0 radical (unpaired) electrons. The first kappa shape index (κ1) is 20.7. The molecule has 0 bridgehead atoms. The molecular weight excluding hydrogens is 418 g/mol. The zero-order valence-electron chi connectivity index (χ0n) is 15.5. The van der Waals surface area contributed by atoms with Crippen LogP contribution in [0.4, 0.5) is 5.13 Å². The van der Waals surface area contributed by atoms with Crippen molar-refractivity contribution in [2.75, 3.05) is 18.9 Å². The maximum atomic E-state index is 12.5. The third-order valence-electron chi connectivity index (χ3n) is 4.24. The first-order valence-corrected chi connectivity index (χ1v) is 11.4. The van der Waals surface area contributed by atoms with Gasteiger partial charge in [-0.2, -0.15) is 0 Å². The predicted octanol–water partition coefficient (Wildman–Crippen LogP) is 4.62. The number of fused-ring (bicyclic) bond motifs is 1. The Morgan fingerprint density at radius 1 is 1.21 bits per heavy atom. The second-order valence-corrected chi connectivity index (χ2v) is 9.75. The molecule has 3 aromatic rings. The highest BCUT2D eigenvalue weighted by molar-refractivity contribution is 7.89. The largest absolute Gasteiger partial charge is 0.298 e. The summed E-state index contributed by atoms with van der Waals surface area (Å²) in [5.41, 5.74) is 0.988. The number of halogens is 1. The maximum Gasteiger partial charge on any atom is 0.257 e. The average Bonchev–Trinajstić information content (AvgIpc) is 3.10. The fourth-order valence-corrected chi connectivity index (χ4v) is 4.97. The van der Waals surface area contributed by atoms with Crippen LogP contribution in [-0.2, 0) is 10.0 Å². The molecule has 0 saturated carbocycles. The Morgan fingerprint density at radius 3 is 2.57 bits per heavy atom. The number of carbonyl (C=O) groups excluding carboxylic acids is 1. The van der Waals surface area contributed by atoms with Gasteiger partial charge in [0.2, 0.25) is 10.0 Å². The van der Waals surface area contributed by atoms with Crippen LogP contribution in [0.15, 0.2) is 47.4 Å². The highest BCUT2D eigenvalue weighted by Crippen LogP contribution is 2.30. The molecule has 0 atom stereocenters. The van der Waals surface area contributed by atoms with E-state index in [4.69, 9.17) is 11.6 Å². The van der Waals surface area contributed by atoms with Crippen LogP contribution in [0.1, 0.15) is 30.1 Å². The molecule has 0 aliphatic heterocycles. The molecule has 1 aromatic heterocycles. The molecule has 1 N–H and O–H groups in total. The van der Waals surface area contributed by atoms with Crippen molar-refractivity contribution in [3.8, 4) is 0 Å². The lowest BCUT2D eigenvalue weighted by Gasteiger charge is -2.16. The first-order chi connectivity index (χ1) is 13.3. The summed E-state index contributed by atoms with van der Waals surface area (Å²) in [6.45, 7) is 2.47. The molecule has 0 spiro atoms. The number of thiazole rings is 1. The maximum absolute atomic E-state index is 12.5. The van der Waals surface area contributed by atoms with E-state index in [-0.39, 0.29) is 10.8 Å². The SMILES string of the molecule is CCCCN(C)S(=O)(=O)c1ccc(C(=O)Nc2nc3c(Cl)cccc3s2)cc1. The minimum absolute atomic E-state index is 0.162. The number of carbonyl (C=O) groups is 1. The highest BCUT2D eigenvalue weighted by Gasteiger charge is 2.20. The zero-order valence-corrected chi connectivity index (χ0v) is 17.9. The number of benzene rings is 2. The smallest absolute Gasteiger partial charge is 0.257 e. The lowest BCUT2D eigenvalue weighted by molar-refractivity contribution is 0.102. The predicted molar refractivity (Wildman–Crippen MR) is 114 cm³/mol. The van der Waals surface area contributed by atoms with Crippen LogP contribution in [-0.4, -0.2) is 37.2 Å². The highest BCUT2D eigenvalue weighted by atomic mass is 35.5. The number of hydrogen-bond acceptors (Lipinski definition) is 5. The quantitative estimate of drug-likeness (QED) is 0.584. The van der Waals surface area contributed by atoms with Crippen molar-refractivity contribution >= 4 is 54.2 Å². The van der Waals surface area contributed by atoms with Gasteiger partial charge in [-0.25, -0.2) is 17.7 Å². The number of nitrogens with zero attached hydrogens (tertiary/aromatic N) is 2. The standard InChI is InChI=1S/C19H20ClN3O3S2/c1-3-4-12-23(2)28(25,26)14-10-8-13(9-11-14)18(24)22-19-21-17-15(20)6-5-7-16(17)27-19/h5-11H,3-4,12H2,1-2H3,(H,21,22,24). The molecule has 0 saturated heterocycles. The molecule has 0 aliphatic carbocycles. The molecular formula is C19H20ClN3O3S2. The molecule has 0 aliphatic rings. The topological polar surface area (TPSA) is 79.4 Å². The van der Waals surface area contributed by atoms with Gasteiger partial charge in [0.25, 0.3) is 5.91 Å². The fraction of sp³-hybridized carbons (Fsp3) is 0.263. The average molecular weight is 438 g/mol. The minimum atomic E-state index is -3.56. The van der Waals surface area contributed by atoms with E-state index in [1.54, 1.807) is 13.1 Å². The van der Waals surface area contributed by atoms with Gasteiger partial charge in [-0.15, -0.1) is 0 Å². The molecule has 0 unspecified atom stereocenters. The Kier molecular flexibility index (Phi) is 6.34. The summed E-state index contributed by atoms with van der Waals surface area (Å²) in [5, 5.41) is 3.69. The number of nitrogens with one attached hydrogen (secondary N) is 1. The van der Waals surface area contributed by atoms with Gasteiger partial charge in [0, 0.05) is 19.2 Å². The second kappa shape index (κ2) is 8.57. The number of anilines is 1. The van der Waals surface area contributed by atoms with Crippen LogP contribution in [0.2, 0.25) is 5.02 Å². The number of unbranched alkanes of at least 4 members (excludes halogenated alkanes) is 1. The van der Waals surface area contributed by atoms with Gasteiger partial charge in [-0.05, 0) is 42.8 Å². The number of para-hydroxylation sites is 1. The second-order valence-electron chi connectivity index (χ2n) is 6.26. The van der Waals surface area contributed by atoms with Crippen molar-refractivity contribution in [3.63, 3.8) is 0 Å². The van der Waals surface area contributed by atoms with E-state index in [2.05, 4.69) is 10.3 Å². The Hall–Kier alpha value is -2.00. The lowest BCUT2D eigenvalue weighted by atomic mass is 10.2. The summed E-state index contributed by atoms with van der Waals surface area (Å²) in [7, 11) is -2.00. The Bertz CT molecular complexity index is 1100. The summed E-state index contributed by atoms with van der Waals surface area (Å²) in [6, 6.07) is 11.3. The van der Waals surface area contributed by atoms with Crippen LogP contribution < -0.4 is 5.32 Å². The van der Waals surface area contributed by atoms with Crippen molar-refractivity contribution < 1.29 is 13.2 Å². The number of rotatable bonds is 7. The molecule has 2 aromatic carbocycles. The van der Waals surface area contributed by atoms with E-state index < -0.39 is 10.0 Å². The molecule has 3 rings (SSSR count). The van der Waals surface area contributed by atoms with E-state index in [1.165, 1.54) is 39.9 Å². The summed E-state index contributed by atoms with van der Waals surface area (Å²) in [4.78, 5) is 17.0. The van der Waals surface area contributed by atoms with E-state index in [0.717, 1.165) is 17.5 Å². The molecule has 1 amide bonds. The number of sulfonamides is 1. The Balaban J connectivity index is 1.75. The Labute approximate surface area is 173 Å². The van der Waals surface area contributed by atoms with Crippen molar-refractivity contribution in [1.29, 1.82) is 0 Å². The molecule has 0 fully saturated rings.